The number of hydrogen-bond donors (Lipinski definition) is 0. The van der Waals surface area contributed by atoms with Gasteiger partial charge in [-0.2, -0.15) is 0 Å². The summed E-state index contributed by atoms with van der Waals surface area (Å²) in [5, 5.41) is 0. The molecular formula is C14H24N2O3. The van der Waals surface area contributed by atoms with E-state index in [-0.39, 0.29) is 24.3 Å². The maximum absolute atomic E-state index is 12.4. The van der Waals surface area contributed by atoms with Crippen molar-refractivity contribution in [3.8, 4) is 0 Å². The fourth-order valence-corrected chi connectivity index (χ4v) is 2.99. The van der Waals surface area contributed by atoms with Gasteiger partial charge in [0.1, 0.15) is 6.61 Å². The van der Waals surface area contributed by atoms with Crippen molar-refractivity contribution in [3.63, 3.8) is 0 Å². The molecule has 0 spiro atoms. The van der Waals surface area contributed by atoms with E-state index in [0.29, 0.717) is 6.54 Å². The SMILES string of the molecule is COCC(=O)N1CCCC(C(=O)N2CCCCC2)C1. The number of ether oxygens (including phenoxy) is 1. The van der Waals surface area contributed by atoms with E-state index in [9.17, 15) is 9.59 Å². The molecule has 2 aliphatic heterocycles. The normalized spacial score (nSPS) is 24.4. The van der Waals surface area contributed by atoms with Crippen molar-refractivity contribution >= 4 is 11.8 Å². The summed E-state index contributed by atoms with van der Waals surface area (Å²) in [5.41, 5.74) is 0. The zero-order valence-corrected chi connectivity index (χ0v) is 11.8. The van der Waals surface area contributed by atoms with Crippen LogP contribution in [0.25, 0.3) is 0 Å². The third-order valence-corrected chi connectivity index (χ3v) is 4.06. The Balaban J connectivity index is 1.89. The summed E-state index contributed by atoms with van der Waals surface area (Å²) in [4.78, 5) is 28.0. The van der Waals surface area contributed by atoms with E-state index in [1.807, 2.05) is 4.90 Å². The first kappa shape index (κ1) is 14.3. The second-order valence-corrected chi connectivity index (χ2v) is 5.50. The predicted molar refractivity (Wildman–Crippen MR) is 71.6 cm³/mol. The lowest BCUT2D eigenvalue weighted by molar-refractivity contribution is -0.143. The molecular weight excluding hydrogens is 244 g/mol. The number of likely N-dealkylation sites (tertiary alicyclic amines) is 2. The quantitative estimate of drug-likeness (QED) is 0.763. The summed E-state index contributed by atoms with van der Waals surface area (Å²) in [6.07, 6.45) is 5.29. The van der Waals surface area contributed by atoms with E-state index in [2.05, 4.69) is 0 Å². The first-order chi connectivity index (χ1) is 9.22. The van der Waals surface area contributed by atoms with Gasteiger partial charge in [0.05, 0.1) is 5.92 Å². The van der Waals surface area contributed by atoms with Gasteiger partial charge in [-0.05, 0) is 32.1 Å². The fraction of sp³-hybridized carbons (Fsp3) is 0.857. The summed E-state index contributed by atoms with van der Waals surface area (Å²) in [7, 11) is 1.53. The highest BCUT2D eigenvalue weighted by molar-refractivity contribution is 5.82. The minimum atomic E-state index is -0.00680. The van der Waals surface area contributed by atoms with Crippen molar-refractivity contribution < 1.29 is 14.3 Å². The van der Waals surface area contributed by atoms with E-state index >= 15 is 0 Å². The number of carbonyl (C=O) groups excluding carboxylic acids is 2. The molecule has 0 N–H and O–H groups in total. The number of carbonyl (C=O) groups is 2. The molecule has 108 valence electrons. The van der Waals surface area contributed by atoms with Gasteiger partial charge < -0.3 is 14.5 Å². The lowest BCUT2D eigenvalue weighted by Gasteiger charge is -2.36. The molecule has 2 rings (SSSR count). The second-order valence-electron chi connectivity index (χ2n) is 5.50. The van der Waals surface area contributed by atoms with Gasteiger partial charge in [-0.3, -0.25) is 9.59 Å². The van der Waals surface area contributed by atoms with Crippen LogP contribution in [0.15, 0.2) is 0 Å². The zero-order chi connectivity index (χ0) is 13.7. The van der Waals surface area contributed by atoms with Crippen LogP contribution in [-0.4, -0.2) is 61.5 Å². The highest BCUT2D eigenvalue weighted by Crippen LogP contribution is 2.21. The van der Waals surface area contributed by atoms with Gasteiger partial charge in [-0.15, -0.1) is 0 Å². The molecule has 5 heteroatoms. The average Bonchev–Trinajstić information content (AvgIpc) is 2.48. The lowest BCUT2D eigenvalue weighted by Crippen LogP contribution is -2.48. The number of amides is 2. The molecule has 5 nitrogen and oxygen atoms in total. The Morgan fingerprint density at radius 2 is 1.74 bits per heavy atom. The van der Waals surface area contributed by atoms with Gasteiger partial charge in [0.25, 0.3) is 0 Å². The maximum Gasteiger partial charge on any atom is 0.248 e. The van der Waals surface area contributed by atoms with Crippen LogP contribution in [0, 0.1) is 5.92 Å². The molecule has 1 atom stereocenters. The summed E-state index contributed by atoms with van der Waals surface area (Å²) in [5.74, 6) is 0.237. The standard InChI is InChI=1S/C14H24N2O3/c1-19-11-13(17)16-9-5-6-12(10-16)14(18)15-7-3-2-4-8-15/h12H,2-11H2,1H3. The molecule has 0 saturated carbocycles. The van der Waals surface area contributed by atoms with Crippen molar-refractivity contribution in [2.45, 2.75) is 32.1 Å². The molecule has 0 aromatic heterocycles. The molecule has 2 saturated heterocycles. The Kier molecular flexibility index (Phi) is 5.19. The Morgan fingerprint density at radius 3 is 2.42 bits per heavy atom. The number of rotatable bonds is 3. The third kappa shape index (κ3) is 3.69. The molecule has 2 aliphatic rings. The Bertz CT molecular complexity index is 327. The first-order valence-corrected chi connectivity index (χ1v) is 7.28. The van der Waals surface area contributed by atoms with Gasteiger partial charge in [0, 0.05) is 33.3 Å². The molecule has 0 radical (unpaired) electrons. The smallest absolute Gasteiger partial charge is 0.248 e. The van der Waals surface area contributed by atoms with Crippen LogP contribution in [0.5, 0.6) is 0 Å². The molecule has 0 bridgehead atoms. The van der Waals surface area contributed by atoms with Crippen LogP contribution in [-0.2, 0) is 14.3 Å². The zero-order valence-electron chi connectivity index (χ0n) is 11.8. The molecule has 1 unspecified atom stereocenters. The average molecular weight is 268 g/mol. The Hall–Kier alpha value is -1.10. The summed E-state index contributed by atoms with van der Waals surface area (Å²) in [6, 6.07) is 0. The molecule has 2 fully saturated rings. The number of hydrogen-bond acceptors (Lipinski definition) is 3. The monoisotopic (exact) mass is 268 g/mol. The van der Waals surface area contributed by atoms with Gasteiger partial charge in [0.2, 0.25) is 11.8 Å². The molecule has 0 aromatic carbocycles. The molecule has 19 heavy (non-hydrogen) atoms. The van der Waals surface area contributed by atoms with Gasteiger partial charge >= 0.3 is 0 Å². The van der Waals surface area contributed by atoms with E-state index in [1.54, 1.807) is 4.90 Å². The first-order valence-electron chi connectivity index (χ1n) is 7.28. The van der Waals surface area contributed by atoms with E-state index in [1.165, 1.54) is 13.5 Å². The fourth-order valence-electron chi connectivity index (χ4n) is 2.99. The van der Waals surface area contributed by atoms with Gasteiger partial charge in [0.15, 0.2) is 0 Å². The highest BCUT2D eigenvalue weighted by Gasteiger charge is 2.31. The van der Waals surface area contributed by atoms with Crippen molar-refractivity contribution in [1.29, 1.82) is 0 Å². The van der Waals surface area contributed by atoms with Gasteiger partial charge in [-0.1, -0.05) is 0 Å². The number of piperidine rings is 2. The van der Waals surface area contributed by atoms with Crippen LogP contribution < -0.4 is 0 Å². The lowest BCUT2D eigenvalue weighted by atomic mass is 9.95. The molecule has 0 aliphatic carbocycles. The third-order valence-electron chi connectivity index (χ3n) is 4.06. The predicted octanol–water partition coefficient (Wildman–Crippen LogP) is 0.884. The minimum absolute atomic E-state index is 0.00126. The topological polar surface area (TPSA) is 49.9 Å². The highest BCUT2D eigenvalue weighted by atomic mass is 16.5. The number of methoxy groups -OCH3 is 1. The maximum atomic E-state index is 12.4. The largest absolute Gasteiger partial charge is 0.375 e. The van der Waals surface area contributed by atoms with Crippen LogP contribution in [0.3, 0.4) is 0 Å². The minimum Gasteiger partial charge on any atom is -0.375 e. The van der Waals surface area contributed by atoms with Crippen molar-refractivity contribution in [3.05, 3.63) is 0 Å². The molecule has 2 amide bonds. The van der Waals surface area contributed by atoms with E-state index < -0.39 is 0 Å². The van der Waals surface area contributed by atoms with E-state index in [4.69, 9.17) is 4.74 Å². The van der Waals surface area contributed by atoms with Crippen LogP contribution in [0.2, 0.25) is 0 Å². The summed E-state index contributed by atoms with van der Waals surface area (Å²) in [6.45, 7) is 3.22. The van der Waals surface area contributed by atoms with Crippen molar-refractivity contribution in [2.24, 2.45) is 5.92 Å². The van der Waals surface area contributed by atoms with Crippen LogP contribution >= 0.6 is 0 Å². The van der Waals surface area contributed by atoms with Gasteiger partial charge in [-0.25, -0.2) is 0 Å². The summed E-state index contributed by atoms with van der Waals surface area (Å²) >= 11 is 0. The van der Waals surface area contributed by atoms with Crippen molar-refractivity contribution in [2.75, 3.05) is 39.9 Å². The van der Waals surface area contributed by atoms with Crippen LogP contribution in [0.4, 0.5) is 0 Å². The summed E-state index contributed by atoms with van der Waals surface area (Å²) < 4.78 is 4.88. The Labute approximate surface area is 114 Å². The Morgan fingerprint density at radius 1 is 1.05 bits per heavy atom. The van der Waals surface area contributed by atoms with Crippen LogP contribution in [0.1, 0.15) is 32.1 Å². The second kappa shape index (κ2) is 6.89. The number of nitrogens with zero attached hydrogens (tertiary/aromatic N) is 2. The molecule has 0 aromatic rings. The molecule has 2 heterocycles. The van der Waals surface area contributed by atoms with Crippen molar-refractivity contribution in [1.82, 2.24) is 9.80 Å². The van der Waals surface area contributed by atoms with E-state index in [0.717, 1.165) is 45.3 Å².